The van der Waals surface area contributed by atoms with Crippen molar-refractivity contribution >= 4 is 27.6 Å². The lowest BCUT2D eigenvalue weighted by Gasteiger charge is -2.36. The van der Waals surface area contributed by atoms with Gasteiger partial charge in [0.2, 0.25) is 10.0 Å². The highest BCUT2D eigenvalue weighted by Crippen LogP contribution is 2.27. The summed E-state index contributed by atoms with van der Waals surface area (Å²) in [4.78, 5) is 17.1. The van der Waals surface area contributed by atoms with E-state index < -0.39 is 10.0 Å². The molecule has 0 fully saturated rings. The second kappa shape index (κ2) is 12.4. The molecule has 0 saturated carbocycles. The van der Waals surface area contributed by atoms with Crippen molar-refractivity contribution in [2.45, 2.75) is 75.4 Å². The highest BCUT2D eigenvalue weighted by Gasteiger charge is 2.29. The van der Waals surface area contributed by atoms with E-state index in [-0.39, 0.29) is 11.3 Å². The number of hydrogen-bond acceptors (Lipinski definition) is 5. The Labute approximate surface area is 238 Å². The normalized spacial score (nSPS) is 14.4. The molecule has 0 aliphatic carbocycles. The summed E-state index contributed by atoms with van der Waals surface area (Å²) in [5.41, 5.74) is 5.07. The minimum Gasteiger partial charge on any atom is -0.294 e. The first-order chi connectivity index (χ1) is 18.5. The van der Waals surface area contributed by atoms with Gasteiger partial charge in [-0.2, -0.15) is 4.31 Å². The summed E-state index contributed by atoms with van der Waals surface area (Å²) >= 11 is 1.75. The van der Waals surface area contributed by atoms with Gasteiger partial charge in [0.1, 0.15) is 0 Å². The Bertz CT molecular complexity index is 1390. The van der Waals surface area contributed by atoms with Gasteiger partial charge >= 0.3 is 0 Å². The largest absolute Gasteiger partial charge is 0.294 e. The quantitative estimate of drug-likeness (QED) is 0.202. The molecule has 0 N–H and O–H groups in total. The van der Waals surface area contributed by atoms with Crippen LogP contribution >= 0.6 is 11.8 Å². The van der Waals surface area contributed by atoms with Gasteiger partial charge in [0.15, 0.2) is 5.78 Å². The zero-order valence-electron chi connectivity index (χ0n) is 23.7. The van der Waals surface area contributed by atoms with Crippen molar-refractivity contribution in [3.63, 3.8) is 0 Å². The lowest BCUT2D eigenvalue weighted by Crippen LogP contribution is -2.41. The number of thioether (sulfide) groups is 1. The molecule has 1 aliphatic heterocycles. The predicted molar refractivity (Wildman–Crippen MR) is 161 cm³/mol. The number of carbonyl (C=O) groups is 1. The molecule has 0 saturated heterocycles. The van der Waals surface area contributed by atoms with Gasteiger partial charge in [0.25, 0.3) is 0 Å². The van der Waals surface area contributed by atoms with Crippen LogP contribution in [-0.2, 0) is 29.5 Å². The number of sulfonamides is 1. The molecule has 1 aliphatic rings. The van der Waals surface area contributed by atoms with Gasteiger partial charge in [-0.05, 0) is 100 Å². The summed E-state index contributed by atoms with van der Waals surface area (Å²) in [6, 6.07) is 21.5. The van der Waals surface area contributed by atoms with Gasteiger partial charge in [-0.1, -0.05) is 42.0 Å². The number of carbonyl (C=O) groups excluding carboxylic acids is 1. The van der Waals surface area contributed by atoms with E-state index in [1.54, 1.807) is 23.9 Å². The fraction of sp³-hybridized carbons (Fsp3) is 0.406. The third-order valence-corrected chi connectivity index (χ3v) is 10.1. The van der Waals surface area contributed by atoms with Gasteiger partial charge in [-0.25, -0.2) is 8.42 Å². The Morgan fingerprint density at radius 3 is 2.31 bits per heavy atom. The minimum atomic E-state index is -3.55. The van der Waals surface area contributed by atoms with Gasteiger partial charge in [0, 0.05) is 42.1 Å². The van der Waals surface area contributed by atoms with Gasteiger partial charge < -0.3 is 0 Å². The van der Waals surface area contributed by atoms with Crippen LogP contribution in [0, 0.1) is 6.92 Å². The Hall–Kier alpha value is -2.45. The summed E-state index contributed by atoms with van der Waals surface area (Å²) < 4.78 is 27.8. The number of aryl methyl sites for hydroxylation is 1. The summed E-state index contributed by atoms with van der Waals surface area (Å²) in [5, 5.41) is 0. The molecule has 0 bridgehead atoms. The van der Waals surface area contributed by atoms with E-state index in [9.17, 15) is 13.2 Å². The number of Topliss-reactive ketones (excluding diaryl/α,β-unsaturated/α-hetero) is 1. The van der Waals surface area contributed by atoms with Crippen molar-refractivity contribution in [2.24, 2.45) is 0 Å². The van der Waals surface area contributed by atoms with Gasteiger partial charge in [-0.15, -0.1) is 11.8 Å². The van der Waals surface area contributed by atoms with Crippen LogP contribution < -0.4 is 0 Å². The Morgan fingerprint density at radius 2 is 1.67 bits per heavy atom. The maximum atomic E-state index is 13.1. The molecule has 7 heteroatoms. The standard InChI is InChI=1S/C32H40N2O3S2/c1-24-8-16-30(17-9-24)39(36,37)34-20-18-26-21-27(12-13-28(26)23-34)31(35)7-6-19-33(32(2,3)4)22-25-10-14-29(38-5)15-11-25/h8-17,21H,6-7,18-20,22-23H2,1-5H3. The number of nitrogens with zero attached hydrogens (tertiary/aromatic N) is 2. The zero-order chi connectivity index (χ0) is 28.2. The summed E-state index contributed by atoms with van der Waals surface area (Å²) in [6.07, 6.45) is 3.97. The maximum Gasteiger partial charge on any atom is 0.243 e. The van der Waals surface area contributed by atoms with E-state index >= 15 is 0 Å². The van der Waals surface area contributed by atoms with Crippen LogP contribution in [0.1, 0.15) is 66.2 Å². The fourth-order valence-corrected chi connectivity index (χ4v) is 6.77. The average molecular weight is 565 g/mol. The smallest absolute Gasteiger partial charge is 0.243 e. The topological polar surface area (TPSA) is 57.7 Å². The predicted octanol–water partition coefficient (Wildman–Crippen LogP) is 6.73. The SMILES string of the molecule is CSc1ccc(CN(CCCC(=O)c2ccc3c(c2)CCN(S(=O)(=O)c2ccc(C)cc2)C3)C(C)(C)C)cc1. The molecule has 3 aromatic carbocycles. The number of rotatable bonds is 10. The second-order valence-electron chi connectivity index (χ2n) is 11.4. The second-order valence-corrected chi connectivity index (χ2v) is 14.2. The van der Waals surface area contributed by atoms with Crippen molar-refractivity contribution in [1.82, 2.24) is 9.21 Å². The molecule has 0 atom stereocenters. The molecule has 0 amide bonds. The average Bonchev–Trinajstić information content (AvgIpc) is 2.91. The Balaban J connectivity index is 1.36. The monoisotopic (exact) mass is 564 g/mol. The Morgan fingerprint density at radius 1 is 0.974 bits per heavy atom. The lowest BCUT2D eigenvalue weighted by atomic mass is 9.95. The van der Waals surface area contributed by atoms with E-state index in [0.717, 1.165) is 41.8 Å². The maximum absolute atomic E-state index is 13.1. The molecule has 0 unspecified atom stereocenters. The molecule has 1 heterocycles. The van der Waals surface area contributed by atoms with Crippen molar-refractivity contribution in [3.05, 3.63) is 94.5 Å². The molecule has 0 spiro atoms. The summed E-state index contributed by atoms with van der Waals surface area (Å²) in [6.45, 7) is 11.0. The highest BCUT2D eigenvalue weighted by atomic mass is 32.2. The molecule has 5 nitrogen and oxygen atoms in total. The molecule has 39 heavy (non-hydrogen) atoms. The third-order valence-electron chi connectivity index (χ3n) is 7.48. The Kier molecular flexibility index (Phi) is 9.37. The first-order valence-corrected chi connectivity index (χ1v) is 16.2. The van der Waals surface area contributed by atoms with Crippen LogP contribution in [0.2, 0.25) is 0 Å². The van der Waals surface area contributed by atoms with E-state index in [4.69, 9.17) is 0 Å². The molecule has 0 radical (unpaired) electrons. The number of benzene rings is 3. The van der Waals surface area contributed by atoms with Crippen LogP contribution in [0.3, 0.4) is 0 Å². The lowest BCUT2D eigenvalue weighted by molar-refractivity contribution is 0.0945. The number of hydrogen-bond donors (Lipinski definition) is 0. The van der Waals surface area contributed by atoms with Crippen LogP contribution in [0.25, 0.3) is 0 Å². The first-order valence-electron chi connectivity index (χ1n) is 13.6. The highest BCUT2D eigenvalue weighted by molar-refractivity contribution is 7.98. The zero-order valence-corrected chi connectivity index (χ0v) is 25.4. The van der Waals surface area contributed by atoms with Crippen LogP contribution in [0.15, 0.2) is 76.5 Å². The van der Waals surface area contributed by atoms with E-state index in [1.807, 2.05) is 37.3 Å². The summed E-state index contributed by atoms with van der Waals surface area (Å²) in [7, 11) is -3.55. The van der Waals surface area contributed by atoms with E-state index in [2.05, 4.69) is 56.2 Å². The first kappa shape index (κ1) is 29.5. The third kappa shape index (κ3) is 7.40. The molecule has 208 valence electrons. The van der Waals surface area contributed by atoms with Crippen molar-refractivity contribution in [3.8, 4) is 0 Å². The van der Waals surface area contributed by atoms with E-state index in [1.165, 1.54) is 14.8 Å². The number of ketones is 1. The van der Waals surface area contributed by atoms with Crippen LogP contribution in [-0.4, -0.2) is 48.3 Å². The molecular weight excluding hydrogens is 524 g/mol. The minimum absolute atomic E-state index is 0.00215. The van der Waals surface area contributed by atoms with Crippen molar-refractivity contribution in [2.75, 3.05) is 19.3 Å². The van der Waals surface area contributed by atoms with Gasteiger partial charge in [0.05, 0.1) is 4.90 Å². The molecule has 0 aromatic heterocycles. The van der Waals surface area contributed by atoms with Gasteiger partial charge in [-0.3, -0.25) is 9.69 Å². The van der Waals surface area contributed by atoms with E-state index in [0.29, 0.717) is 30.8 Å². The molecular formula is C32H40N2O3S2. The van der Waals surface area contributed by atoms with Crippen LogP contribution in [0.4, 0.5) is 0 Å². The van der Waals surface area contributed by atoms with Crippen molar-refractivity contribution in [1.29, 1.82) is 0 Å². The fourth-order valence-electron chi connectivity index (χ4n) is 4.94. The molecule has 3 aromatic rings. The van der Waals surface area contributed by atoms with Crippen molar-refractivity contribution < 1.29 is 13.2 Å². The summed E-state index contributed by atoms with van der Waals surface area (Å²) in [5.74, 6) is 0.144. The number of fused-ring (bicyclic) bond motifs is 1. The molecule has 4 rings (SSSR count). The van der Waals surface area contributed by atoms with Crippen LogP contribution in [0.5, 0.6) is 0 Å².